The Morgan fingerprint density at radius 2 is 1.67 bits per heavy atom. The van der Waals surface area contributed by atoms with E-state index in [-0.39, 0.29) is 12.2 Å². The Kier molecular flexibility index (Phi) is 6.33. The highest BCUT2D eigenvalue weighted by Gasteiger charge is 2.15. The van der Waals surface area contributed by atoms with Crippen molar-refractivity contribution in [3.8, 4) is 11.5 Å². The molecular formula is C13H20Cl2O2Si. The zero-order valence-corrected chi connectivity index (χ0v) is 14.8. The molecule has 2 atom stereocenters. The average molecular weight is 307 g/mol. The van der Waals surface area contributed by atoms with Crippen molar-refractivity contribution in [1.29, 1.82) is 0 Å². The van der Waals surface area contributed by atoms with Crippen LogP contribution in [0.5, 0.6) is 11.5 Å². The van der Waals surface area contributed by atoms with Crippen molar-refractivity contribution >= 4 is 38.6 Å². The van der Waals surface area contributed by atoms with Gasteiger partial charge in [0.25, 0.3) is 0 Å². The number of hydrogen-bond acceptors (Lipinski definition) is 2. The number of benzene rings is 1. The summed E-state index contributed by atoms with van der Waals surface area (Å²) in [5.74, 6) is 2.45. The van der Waals surface area contributed by atoms with Gasteiger partial charge in [-0.25, -0.2) is 0 Å². The molecular weight excluding hydrogens is 287 g/mol. The van der Waals surface area contributed by atoms with Crippen molar-refractivity contribution in [3.05, 3.63) is 17.7 Å². The van der Waals surface area contributed by atoms with E-state index in [1.165, 1.54) is 5.19 Å². The standard InChI is InChI=1S/C13H20Cl2O2Si/c1-8(6-14)16-11-4-5-12(18)10(3)13(11)17-9(2)7-15/h4-5,8-9H,6-7H2,1-3,18H3. The molecule has 2 unspecified atom stereocenters. The lowest BCUT2D eigenvalue weighted by molar-refractivity contribution is 0.201. The van der Waals surface area contributed by atoms with Crippen molar-refractivity contribution in [2.75, 3.05) is 11.8 Å². The summed E-state index contributed by atoms with van der Waals surface area (Å²) in [7, 11) is 0.980. The van der Waals surface area contributed by atoms with Crippen LogP contribution < -0.4 is 14.7 Å². The predicted octanol–water partition coefficient (Wildman–Crippen LogP) is 2.00. The molecule has 0 spiro atoms. The van der Waals surface area contributed by atoms with Crippen LogP contribution in [0, 0.1) is 6.92 Å². The van der Waals surface area contributed by atoms with Crippen molar-refractivity contribution < 1.29 is 9.47 Å². The lowest BCUT2D eigenvalue weighted by Crippen LogP contribution is -2.20. The summed E-state index contributed by atoms with van der Waals surface area (Å²) in [6.45, 7) is 5.93. The third-order valence-electron chi connectivity index (χ3n) is 2.72. The monoisotopic (exact) mass is 306 g/mol. The topological polar surface area (TPSA) is 18.5 Å². The van der Waals surface area contributed by atoms with Crippen molar-refractivity contribution in [2.45, 2.75) is 33.0 Å². The van der Waals surface area contributed by atoms with Gasteiger partial charge >= 0.3 is 0 Å². The molecule has 0 radical (unpaired) electrons. The summed E-state index contributed by atoms with van der Waals surface area (Å²) in [4.78, 5) is 0. The van der Waals surface area contributed by atoms with Crippen LogP contribution in [0.25, 0.3) is 0 Å². The van der Waals surface area contributed by atoms with Crippen LogP contribution in [0.3, 0.4) is 0 Å². The molecule has 1 rings (SSSR count). The fourth-order valence-electron chi connectivity index (χ4n) is 1.49. The smallest absolute Gasteiger partial charge is 0.164 e. The van der Waals surface area contributed by atoms with Crippen molar-refractivity contribution in [3.63, 3.8) is 0 Å². The second-order valence-electron chi connectivity index (χ2n) is 4.50. The summed E-state index contributed by atoms with van der Waals surface area (Å²) in [5.41, 5.74) is 1.14. The molecule has 0 saturated carbocycles. The van der Waals surface area contributed by atoms with Crippen LogP contribution >= 0.6 is 23.2 Å². The minimum atomic E-state index is -0.0420. The molecule has 0 heterocycles. The molecule has 0 bridgehead atoms. The largest absolute Gasteiger partial charge is 0.486 e. The molecule has 0 aliphatic rings. The summed E-state index contributed by atoms with van der Waals surface area (Å²) in [6.07, 6.45) is -0.0813. The van der Waals surface area contributed by atoms with Crippen LogP contribution in [-0.2, 0) is 0 Å². The van der Waals surface area contributed by atoms with E-state index in [2.05, 4.69) is 13.0 Å². The third kappa shape index (κ3) is 4.07. The molecule has 1 aromatic carbocycles. The number of alkyl halides is 2. The molecule has 0 aliphatic heterocycles. The fraction of sp³-hybridized carbons (Fsp3) is 0.538. The predicted molar refractivity (Wildman–Crippen MR) is 82.4 cm³/mol. The normalized spacial score (nSPS) is 14.3. The molecule has 2 nitrogen and oxygen atoms in total. The fourth-order valence-corrected chi connectivity index (χ4v) is 2.01. The minimum Gasteiger partial charge on any atom is -0.486 e. The molecule has 0 N–H and O–H groups in total. The Balaban J connectivity index is 3.04. The van der Waals surface area contributed by atoms with Gasteiger partial charge < -0.3 is 9.47 Å². The lowest BCUT2D eigenvalue weighted by Gasteiger charge is -2.21. The van der Waals surface area contributed by atoms with Gasteiger partial charge in [0, 0.05) is 10.2 Å². The van der Waals surface area contributed by atoms with E-state index in [1.54, 1.807) is 0 Å². The van der Waals surface area contributed by atoms with E-state index < -0.39 is 0 Å². The molecule has 0 amide bonds. The van der Waals surface area contributed by atoms with Gasteiger partial charge in [-0.3, -0.25) is 0 Å². The highest BCUT2D eigenvalue weighted by molar-refractivity contribution is 6.33. The molecule has 5 heteroatoms. The van der Waals surface area contributed by atoms with Gasteiger partial charge in [0.2, 0.25) is 0 Å². The SMILES string of the molecule is Cc1c([SiH3])ccc(OC(C)CCl)c1OC(C)CCl. The number of ether oxygens (including phenoxy) is 2. The molecule has 18 heavy (non-hydrogen) atoms. The van der Waals surface area contributed by atoms with Crippen molar-refractivity contribution in [2.24, 2.45) is 0 Å². The Bertz CT molecular complexity index is 399. The Morgan fingerprint density at radius 1 is 1.11 bits per heavy atom. The van der Waals surface area contributed by atoms with Crippen molar-refractivity contribution in [1.82, 2.24) is 0 Å². The van der Waals surface area contributed by atoms with Crippen LogP contribution in [0.4, 0.5) is 0 Å². The van der Waals surface area contributed by atoms with E-state index in [9.17, 15) is 0 Å². The summed E-state index contributed by atoms with van der Waals surface area (Å²) >= 11 is 11.6. The van der Waals surface area contributed by atoms with Gasteiger partial charge in [-0.05, 0) is 32.4 Å². The number of halogens is 2. The zero-order chi connectivity index (χ0) is 13.7. The average Bonchev–Trinajstić information content (AvgIpc) is 2.37. The molecule has 0 aliphatic carbocycles. The second kappa shape index (κ2) is 7.27. The summed E-state index contributed by atoms with van der Waals surface area (Å²) in [6, 6.07) is 4.03. The molecule has 1 aromatic rings. The maximum Gasteiger partial charge on any atom is 0.164 e. The zero-order valence-electron chi connectivity index (χ0n) is 11.3. The van der Waals surface area contributed by atoms with E-state index >= 15 is 0 Å². The second-order valence-corrected chi connectivity index (χ2v) is 6.19. The van der Waals surface area contributed by atoms with E-state index in [0.29, 0.717) is 11.8 Å². The van der Waals surface area contributed by atoms with E-state index in [0.717, 1.165) is 27.3 Å². The van der Waals surface area contributed by atoms with Crippen LogP contribution in [0.2, 0.25) is 0 Å². The highest BCUT2D eigenvalue weighted by Crippen LogP contribution is 2.31. The maximum atomic E-state index is 5.87. The number of hydrogen-bond donors (Lipinski definition) is 0. The van der Waals surface area contributed by atoms with Crippen LogP contribution in [-0.4, -0.2) is 34.2 Å². The van der Waals surface area contributed by atoms with E-state index in [4.69, 9.17) is 32.7 Å². The van der Waals surface area contributed by atoms with Gasteiger partial charge in [-0.1, -0.05) is 11.3 Å². The van der Waals surface area contributed by atoms with Gasteiger partial charge in [0.1, 0.15) is 12.2 Å². The molecule has 102 valence electrons. The number of rotatable bonds is 6. The quantitative estimate of drug-likeness (QED) is 0.591. The maximum absolute atomic E-state index is 5.87. The molecule has 0 aromatic heterocycles. The first kappa shape index (κ1) is 15.7. The summed E-state index contributed by atoms with van der Waals surface area (Å²) in [5, 5.41) is 1.30. The third-order valence-corrected chi connectivity index (χ3v) is 4.67. The Labute approximate surface area is 122 Å². The first-order valence-corrected chi connectivity index (χ1v) is 8.12. The Hall–Kier alpha value is -0.383. The van der Waals surface area contributed by atoms with Gasteiger partial charge in [0.15, 0.2) is 11.5 Å². The van der Waals surface area contributed by atoms with E-state index in [1.807, 2.05) is 19.9 Å². The Morgan fingerprint density at radius 3 is 2.22 bits per heavy atom. The van der Waals surface area contributed by atoms with Gasteiger partial charge in [-0.2, -0.15) is 0 Å². The van der Waals surface area contributed by atoms with Gasteiger partial charge in [0.05, 0.1) is 11.8 Å². The lowest BCUT2D eigenvalue weighted by atomic mass is 10.2. The first-order valence-electron chi connectivity index (χ1n) is 6.05. The van der Waals surface area contributed by atoms with Gasteiger partial charge in [-0.15, -0.1) is 23.2 Å². The first-order chi connectivity index (χ1) is 8.49. The minimum absolute atomic E-state index is 0.0394. The molecule has 0 saturated heterocycles. The van der Waals surface area contributed by atoms with Crippen LogP contribution in [0.15, 0.2) is 12.1 Å². The summed E-state index contributed by atoms with van der Waals surface area (Å²) < 4.78 is 11.7. The molecule has 0 fully saturated rings. The van der Waals surface area contributed by atoms with Crippen LogP contribution in [0.1, 0.15) is 19.4 Å². The highest BCUT2D eigenvalue weighted by atomic mass is 35.5.